The molecule has 0 radical (unpaired) electrons. The second-order valence-electron chi connectivity index (χ2n) is 7.52. The van der Waals surface area contributed by atoms with Gasteiger partial charge in [0, 0.05) is 37.3 Å². The summed E-state index contributed by atoms with van der Waals surface area (Å²) < 4.78 is 0. The minimum Gasteiger partial charge on any atom is -0.348 e. The van der Waals surface area contributed by atoms with E-state index in [2.05, 4.69) is 69.7 Å². The first-order valence-corrected chi connectivity index (χ1v) is 12.7. The van der Waals surface area contributed by atoms with Crippen molar-refractivity contribution >= 4 is 46.1 Å². The predicted molar refractivity (Wildman–Crippen MR) is 153 cm³/mol. The molecule has 6 nitrogen and oxygen atoms in total. The van der Waals surface area contributed by atoms with E-state index in [4.69, 9.17) is 34.6 Å². The van der Waals surface area contributed by atoms with Crippen LogP contribution in [-0.4, -0.2) is 57.6 Å². The number of hydrogen-bond donors (Lipinski definition) is 2. The number of hydrazone groups is 2. The van der Waals surface area contributed by atoms with Gasteiger partial charge in [-0.25, -0.2) is 0 Å². The Balaban J connectivity index is 2.57. The van der Waals surface area contributed by atoms with Gasteiger partial charge in [0.15, 0.2) is 10.2 Å². The predicted octanol–water partition coefficient (Wildman–Crippen LogP) is 4.79. The number of aryl methyl sites for hydroxylation is 1. The van der Waals surface area contributed by atoms with E-state index in [-0.39, 0.29) is 0 Å². The molecule has 34 heavy (non-hydrogen) atoms. The van der Waals surface area contributed by atoms with E-state index in [0.29, 0.717) is 21.6 Å². The van der Waals surface area contributed by atoms with E-state index in [9.17, 15) is 0 Å². The highest BCUT2D eigenvalue weighted by Crippen LogP contribution is 2.12. The third-order valence-corrected chi connectivity index (χ3v) is 6.23. The topological polar surface area (TPSA) is 55.3 Å². The molecule has 0 amide bonds. The van der Waals surface area contributed by atoms with Crippen LogP contribution in [-0.2, 0) is 6.42 Å². The van der Waals surface area contributed by atoms with Gasteiger partial charge in [-0.05, 0) is 64.1 Å². The highest BCUT2D eigenvalue weighted by molar-refractivity contribution is 7.80. The standard InChI is InChI=1S/C26H36N6S2/c1-6-20-16-18-22(19-17-20)24(28-30-26(34)32(9-4)10-5)23(21-14-12-11-13-15-21)27-29-25(33)31(7-2)8-3/h11-19H,6-10H2,1-5H3,(H,29,33)(H,30,34)/b27-23+,28-24+. The third-order valence-electron chi connectivity index (χ3n) is 5.54. The molecule has 2 aromatic rings. The average molecular weight is 497 g/mol. The van der Waals surface area contributed by atoms with E-state index in [1.807, 2.05) is 40.1 Å². The van der Waals surface area contributed by atoms with Crippen LogP contribution in [0.4, 0.5) is 0 Å². The lowest BCUT2D eigenvalue weighted by molar-refractivity contribution is 0.457. The smallest absolute Gasteiger partial charge is 0.189 e. The zero-order valence-corrected chi connectivity index (χ0v) is 22.5. The van der Waals surface area contributed by atoms with Gasteiger partial charge in [0.05, 0.1) is 0 Å². The average Bonchev–Trinajstić information content (AvgIpc) is 2.88. The van der Waals surface area contributed by atoms with Crippen molar-refractivity contribution in [3.8, 4) is 0 Å². The molecule has 0 aromatic heterocycles. The van der Waals surface area contributed by atoms with Crippen molar-refractivity contribution in [1.29, 1.82) is 0 Å². The van der Waals surface area contributed by atoms with Crippen LogP contribution in [0.15, 0.2) is 64.8 Å². The molecule has 0 heterocycles. The minimum absolute atomic E-state index is 0.575. The van der Waals surface area contributed by atoms with E-state index in [1.54, 1.807) is 0 Å². The number of hydrogen-bond acceptors (Lipinski definition) is 4. The maximum atomic E-state index is 5.58. The quantitative estimate of drug-likeness (QED) is 0.280. The first-order chi connectivity index (χ1) is 16.5. The molecule has 0 aliphatic rings. The molecule has 0 saturated heterocycles. The van der Waals surface area contributed by atoms with Crippen LogP contribution in [0.5, 0.6) is 0 Å². The van der Waals surface area contributed by atoms with Crippen molar-refractivity contribution in [1.82, 2.24) is 20.7 Å². The van der Waals surface area contributed by atoms with Gasteiger partial charge in [-0.2, -0.15) is 10.2 Å². The summed E-state index contributed by atoms with van der Waals surface area (Å²) in [6.07, 6.45) is 0.969. The van der Waals surface area contributed by atoms with Gasteiger partial charge in [-0.15, -0.1) is 0 Å². The van der Waals surface area contributed by atoms with E-state index < -0.39 is 0 Å². The lowest BCUT2D eigenvalue weighted by Gasteiger charge is -2.22. The minimum atomic E-state index is 0.575. The summed E-state index contributed by atoms with van der Waals surface area (Å²) in [5.74, 6) is 0. The van der Waals surface area contributed by atoms with Crippen LogP contribution < -0.4 is 10.9 Å². The lowest BCUT2D eigenvalue weighted by atomic mass is 9.98. The molecular weight excluding hydrogens is 460 g/mol. The van der Waals surface area contributed by atoms with Crippen LogP contribution in [0.2, 0.25) is 0 Å². The van der Waals surface area contributed by atoms with Gasteiger partial charge >= 0.3 is 0 Å². The van der Waals surface area contributed by atoms with Crippen LogP contribution in [0, 0.1) is 0 Å². The summed E-state index contributed by atoms with van der Waals surface area (Å²) >= 11 is 11.2. The fourth-order valence-electron chi connectivity index (χ4n) is 3.37. The molecule has 2 N–H and O–H groups in total. The van der Waals surface area contributed by atoms with E-state index >= 15 is 0 Å². The van der Waals surface area contributed by atoms with Crippen molar-refractivity contribution in [3.05, 3.63) is 71.3 Å². The van der Waals surface area contributed by atoms with Crippen LogP contribution >= 0.6 is 24.4 Å². The second-order valence-corrected chi connectivity index (χ2v) is 8.29. The van der Waals surface area contributed by atoms with Crippen LogP contribution in [0.25, 0.3) is 0 Å². The molecule has 2 rings (SSSR count). The van der Waals surface area contributed by atoms with Crippen molar-refractivity contribution < 1.29 is 0 Å². The fraction of sp³-hybridized carbons (Fsp3) is 0.385. The van der Waals surface area contributed by atoms with Gasteiger partial charge in [-0.1, -0.05) is 61.5 Å². The summed E-state index contributed by atoms with van der Waals surface area (Å²) in [6, 6.07) is 18.4. The van der Waals surface area contributed by atoms with E-state index in [1.165, 1.54) is 5.56 Å². The van der Waals surface area contributed by atoms with Crippen LogP contribution in [0.3, 0.4) is 0 Å². The Hall–Kier alpha value is -2.84. The maximum Gasteiger partial charge on any atom is 0.189 e. The van der Waals surface area contributed by atoms with Gasteiger partial charge in [0.25, 0.3) is 0 Å². The highest BCUT2D eigenvalue weighted by Gasteiger charge is 2.17. The molecule has 0 unspecified atom stereocenters. The molecule has 2 aromatic carbocycles. The summed E-state index contributed by atoms with van der Waals surface area (Å²) in [5.41, 5.74) is 10.6. The lowest BCUT2D eigenvalue weighted by Crippen LogP contribution is -2.39. The summed E-state index contributed by atoms with van der Waals surface area (Å²) in [4.78, 5) is 4.09. The zero-order valence-electron chi connectivity index (χ0n) is 20.8. The highest BCUT2D eigenvalue weighted by atomic mass is 32.1. The van der Waals surface area contributed by atoms with Crippen molar-refractivity contribution in [2.75, 3.05) is 26.2 Å². The van der Waals surface area contributed by atoms with Crippen molar-refractivity contribution in [2.45, 2.75) is 41.0 Å². The number of nitrogens with one attached hydrogen (secondary N) is 2. The Morgan fingerprint density at radius 3 is 1.44 bits per heavy atom. The van der Waals surface area contributed by atoms with E-state index in [0.717, 1.165) is 43.7 Å². The van der Waals surface area contributed by atoms with Gasteiger partial charge < -0.3 is 9.80 Å². The molecule has 0 spiro atoms. The molecule has 0 bridgehead atoms. The van der Waals surface area contributed by atoms with Gasteiger partial charge in [-0.3, -0.25) is 10.9 Å². The number of thiocarbonyl (C=S) groups is 2. The Labute approximate surface area is 215 Å². The number of nitrogens with zero attached hydrogens (tertiary/aromatic N) is 4. The van der Waals surface area contributed by atoms with Crippen LogP contribution in [0.1, 0.15) is 51.3 Å². The summed E-state index contributed by atoms with van der Waals surface area (Å²) in [5, 5.41) is 10.7. The Morgan fingerprint density at radius 1 is 0.647 bits per heavy atom. The van der Waals surface area contributed by atoms with Crippen molar-refractivity contribution in [3.63, 3.8) is 0 Å². The first kappa shape index (κ1) is 27.4. The number of benzene rings is 2. The molecule has 0 aliphatic carbocycles. The Kier molecular flexibility index (Phi) is 11.6. The third kappa shape index (κ3) is 7.60. The second kappa shape index (κ2) is 14.4. The Morgan fingerprint density at radius 2 is 1.06 bits per heavy atom. The summed E-state index contributed by atoms with van der Waals surface area (Å²) in [7, 11) is 0. The normalized spacial score (nSPS) is 11.7. The molecule has 0 atom stereocenters. The Bertz CT molecular complexity index is 978. The molecule has 0 saturated carbocycles. The first-order valence-electron chi connectivity index (χ1n) is 11.9. The fourth-order valence-corrected chi connectivity index (χ4v) is 3.98. The molecule has 182 valence electrons. The molecular formula is C26H36N6S2. The molecule has 0 aliphatic heterocycles. The maximum absolute atomic E-state index is 5.58. The molecule has 8 heteroatoms. The van der Waals surface area contributed by atoms with Crippen molar-refractivity contribution in [2.24, 2.45) is 10.2 Å². The van der Waals surface area contributed by atoms with Gasteiger partial charge in [0.2, 0.25) is 0 Å². The monoisotopic (exact) mass is 496 g/mol. The SMILES string of the molecule is CCc1ccc(C(=N\NC(=S)N(CC)CC)/C(=N/NC(=S)N(CC)CC)c2ccccc2)cc1. The summed E-state index contributed by atoms with van der Waals surface area (Å²) in [6.45, 7) is 13.6. The molecule has 0 fully saturated rings. The number of rotatable bonds is 10. The zero-order chi connectivity index (χ0) is 24.9. The largest absolute Gasteiger partial charge is 0.348 e. The van der Waals surface area contributed by atoms with Gasteiger partial charge in [0.1, 0.15) is 11.4 Å².